The number of hydrogen-bond donors (Lipinski definition) is 1. The Hall–Kier alpha value is -1.13. The lowest BCUT2D eigenvalue weighted by atomic mass is 10.2. The first-order valence-electron chi connectivity index (χ1n) is 6.20. The highest BCUT2D eigenvalue weighted by molar-refractivity contribution is 5.34. The van der Waals surface area contributed by atoms with E-state index in [1.54, 1.807) is 13.2 Å². The van der Waals surface area contributed by atoms with Gasteiger partial charge in [0.2, 0.25) is 0 Å². The Balaban J connectivity index is 2.75. The summed E-state index contributed by atoms with van der Waals surface area (Å²) in [5.74, 6) is 0.455. The maximum absolute atomic E-state index is 13.2. The smallest absolute Gasteiger partial charge is 0.124 e. The van der Waals surface area contributed by atoms with E-state index in [0.717, 1.165) is 5.56 Å². The van der Waals surface area contributed by atoms with Gasteiger partial charge in [-0.05, 0) is 25.1 Å². The van der Waals surface area contributed by atoms with Gasteiger partial charge in [-0.3, -0.25) is 0 Å². The van der Waals surface area contributed by atoms with E-state index in [1.165, 1.54) is 12.1 Å². The summed E-state index contributed by atoms with van der Waals surface area (Å²) in [7, 11) is 1.63. The van der Waals surface area contributed by atoms with Crippen molar-refractivity contribution in [2.45, 2.75) is 39.5 Å². The maximum atomic E-state index is 13.2. The van der Waals surface area contributed by atoms with Crippen LogP contribution in [0.15, 0.2) is 18.2 Å². The molecule has 4 heteroatoms. The summed E-state index contributed by atoms with van der Waals surface area (Å²) < 4.78 is 24.0. The Bertz CT molecular complexity index is 369. The molecule has 1 N–H and O–H groups in total. The van der Waals surface area contributed by atoms with Gasteiger partial charge in [-0.1, -0.05) is 13.8 Å². The highest BCUT2D eigenvalue weighted by Gasteiger charge is 2.10. The number of rotatable bonds is 7. The van der Waals surface area contributed by atoms with Gasteiger partial charge in [-0.25, -0.2) is 4.39 Å². The van der Waals surface area contributed by atoms with Crippen molar-refractivity contribution in [1.29, 1.82) is 0 Å². The maximum Gasteiger partial charge on any atom is 0.124 e. The van der Waals surface area contributed by atoms with Gasteiger partial charge in [0.05, 0.1) is 6.61 Å². The molecule has 0 fully saturated rings. The van der Waals surface area contributed by atoms with Gasteiger partial charge in [-0.2, -0.15) is 0 Å². The van der Waals surface area contributed by atoms with E-state index in [2.05, 4.69) is 5.32 Å². The first-order valence-corrected chi connectivity index (χ1v) is 6.20. The van der Waals surface area contributed by atoms with E-state index in [0.29, 0.717) is 24.9 Å². The second-order valence-corrected chi connectivity index (χ2v) is 4.67. The zero-order chi connectivity index (χ0) is 13.5. The first-order chi connectivity index (χ1) is 8.52. The van der Waals surface area contributed by atoms with Crippen molar-refractivity contribution >= 4 is 0 Å². The van der Waals surface area contributed by atoms with Crippen molar-refractivity contribution in [3.63, 3.8) is 0 Å². The SMILES string of the molecule is COCC(C)Oc1ccc(F)cc1CNC(C)C. The van der Waals surface area contributed by atoms with Crippen molar-refractivity contribution in [1.82, 2.24) is 5.32 Å². The molecule has 0 aliphatic carbocycles. The lowest BCUT2D eigenvalue weighted by molar-refractivity contribution is 0.0912. The lowest BCUT2D eigenvalue weighted by Crippen LogP contribution is -2.23. The molecule has 0 aliphatic rings. The molecule has 1 rings (SSSR count). The van der Waals surface area contributed by atoms with Crippen LogP contribution in [0.25, 0.3) is 0 Å². The van der Waals surface area contributed by atoms with Gasteiger partial charge in [-0.15, -0.1) is 0 Å². The van der Waals surface area contributed by atoms with Crippen LogP contribution < -0.4 is 10.1 Å². The molecule has 0 radical (unpaired) electrons. The number of hydrogen-bond acceptors (Lipinski definition) is 3. The number of methoxy groups -OCH3 is 1. The van der Waals surface area contributed by atoms with Crippen LogP contribution >= 0.6 is 0 Å². The minimum Gasteiger partial charge on any atom is -0.488 e. The van der Waals surface area contributed by atoms with Gasteiger partial charge in [0.1, 0.15) is 17.7 Å². The van der Waals surface area contributed by atoms with Crippen LogP contribution in [-0.4, -0.2) is 25.9 Å². The monoisotopic (exact) mass is 255 g/mol. The quantitative estimate of drug-likeness (QED) is 0.812. The molecule has 1 aromatic carbocycles. The van der Waals surface area contributed by atoms with E-state index >= 15 is 0 Å². The van der Waals surface area contributed by atoms with Gasteiger partial charge in [0.25, 0.3) is 0 Å². The predicted molar refractivity (Wildman–Crippen MR) is 70.3 cm³/mol. The Kier molecular flexibility index (Phi) is 6.09. The van der Waals surface area contributed by atoms with Gasteiger partial charge < -0.3 is 14.8 Å². The van der Waals surface area contributed by atoms with Crippen molar-refractivity contribution in [2.24, 2.45) is 0 Å². The molecule has 0 aliphatic heterocycles. The topological polar surface area (TPSA) is 30.5 Å². The van der Waals surface area contributed by atoms with Crippen molar-refractivity contribution in [2.75, 3.05) is 13.7 Å². The van der Waals surface area contributed by atoms with Gasteiger partial charge in [0, 0.05) is 25.3 Å². The summed E-state index contributed by atoms with van der Waals surface area (Å²) in [5.41, 5.74) is 0.826. The fourth-order valence-electron chi connectivity index (χ4n) is 1.60. The first kappa shape index (κ1) is 14.9. The zero-order valence-electron chi connectivity index (χ0n) is 11.5. The third kappa shape index (κ3) is 5.02. The third-order valence-electron chi connectivity index (χ3n) is 2.45. The summed E-state index contributed by atoms with van der Waals surface area (Å²) in [6.45, 7) is 7.12. The molecular formula is C14H22FNO2. The van der Waals surface area contributed by atoms with Crippen LogP contribution in [0.4, 0.5) is 4.39 Å². The molecule has 102 valence electrons. The van der Waals surface area contributed by atoms with Crippen LogP contribution in [0.1, 0.15) is 26.3 Å². The second-order valence-electron chi connectivity index (χ2n) is 4.67. The van der Waals surface area contributed by atoms with Crippen LogP contribution in [0.2, 0.25) is 0 Å². The normalized spacial score (nSPS) is 12.8. The standard InChI is InChI=1S/C14H22FNO2/c1-10(2)16-8-12-7-13(15)5-6-14(12)18-11(3)9-17-4/h5-7,10-11,16H,8-9H2,1-4H3. The fourth-order valence-corrected chi connectivity index (χ4v) is 1.60. The molecule has 0 saturated carbocycles. The number of nitrogens with one attached hydrogen (secondary N) is 1. The van der Waals surface area contributed by atoms with E-state index in [-0.39, 0.29) is 11.9 Å². The summed E-state index contributed by atoms with van der Waals surface area (Å²) in [5, 5.41) is 3.26. The molecule has 1 aromatic rings. The Labute approximate surface area is 108 Å². The molecule has 1 unspecified atom stereocenters. The Morgan fingerprint density at radius 2 is 2.00 bits per heavy atom. The fraction of sp³-hybridized carbons (Fsp3) is 0.571. The highest BCUT2D eigenvalue weighted by Crippen LogP contribution is 2.21. The minimum atomic E-state index is -0.248. The minimum absolute atomic E-state index is 0.0572. The summed E-state index contributed by atoms with van der Waals surface area (Å²) >= 11 is 0. The molecule has 18 heavy (non-hydrogen) atoms. The lowest BCUT2D eigenvalue weighted by Gasteiger charge is -2.18. The van der Waals surface area contributed by atoms with Crippen molar-refractivity contribution in [3.05, 3.63) is 29.6 Å². The second kappa shape index (κ2) is 7.34. The Morgan fingerprint density at radius 3 is 2.61 bits per heavy atom. The summed E-state index contributed by atoms with van der Waals surface area (Å²) in [6.07, 6.45) is -0.0572. The Morgan fingerprint density at radius 1 is 1.28 bits per heavy atom. The van der Waals surface area contributed by atoms with E-state index in [1.807, 2.05) is 20.8 Å². The zero-order valence-corrected chi connectivity index (χ0v) is 11.5. The van der Waals surface area contributed by atoms with Crippen molar-refractivity contribution < 1.29 is 13.9 Å². The van der Waals surface area contributed by atoms with Crippen LogP contribution in [-0.2, 0) is 11.3 Å². The molecule has 0 spiro atoms. The summed E-state index contributed by atoms with van der Waals surface area (Å²) in [6, 6.07) is 4.93. The molecule has 0 aromatic heterocycles. The van der Waals surface area contributed by atoms with E-state index in [4.69, 9.17) is 9.47 Å². The van der Waals surface area contributed by atoms with Crippen molar-refractivity contribution in [3.8, 4) is 5.75 Å². The molecule has 0 amide bonds. The highest BCUT2D eigenvalue weighted by atomic mass is 19.1. The van der Waals surface area contributed by atoms with Crippen LogP contribution in [0.5, 0.6) is 5.75 Å². The largest absolute Gasteiger partial charge is 0.488 e. The molecule has 3 nitrogen and oxygen atoms in total. The third-order valence-corrected chi connectivity index (χ3v) is 2.45. The molecule has 0 heterocycles. The van der Waals surface area contributed by atoms with Crippen LogP contribution in [0.3, 0.4) is 0 Å². The average Bonchev–Trinajstić information content (AvgIpc) is 2.29. The molecule has 0 bridgehead atoms. The van der Waals surface area contributed by atoms with Crippen LogP contribution in [0, 0.1) is 5.82 Å². The number of ether oxygens (including phenoxy) is 2. The molecular weight excluding hydrogens is 233 g/mol. The summed E-state index contributed by atoms with van der Waals surface area (Å²) in [4.78, 5) is 0. The average molecular weight is 255 g/mol. The van der Waals surface area contributed by atoms with E-state index in [9.17, 15) is 4.39 Å². The molecule has 0 saturated heterocycles. The molecule has 1 atom stereocenters. The number of halogens is 1. The number of benzene rings is 1. The van der Waals surface area contributed by atoms with Gasteiger partial charge >= 0.3 is 0 Å². The van der Waals surface area contributed by atoms with E-state index < -0.39 is 0 Å². The van der Waals surface area contributed by atoms with Gasteiger partial charge in [0.15, 0.2) is 0 Å². The predicted octanol–water partition coefficient (Wildman–Crippen LogP) is 2.74.